The zero-order valence-electron chi connectivity index (χ0n) is 11.4. The van der Waals surface area contributed by atoms with Crippen molar-refractivity contribution in [2.75, 3.05) is 6.61 Å². The molecule has 2 rings (SSSR count). The number of hydrogen-bond acceptors (Lipinski definition) is 3. The molecule has 0 aromatic heterocycles. The van der Waals surface area contributed by atoms with E-state index in [0.29, 0.717) is 16.6 Å². The minimum Gasteiger partial charge on any atom is -0.490 e. The van der Waals surface area contributed by atoms with Gasteiger partial charge in [0, 0.05) is 6.04 Å². The maximum Gasteiger partial charge on any atom is 0.133 e. The maximum absolute atomic E-state index is 13.0. The van der Waals surface area contributed by atoms with Crippen molar-refractivity contribution >= 4 is 15.9 Å². The predicted octanol–water partition coefficient (Wildman–Crippen LogP) is 2.90. The van der Waals surface area contributed by atoms with Crippen LogP contribution in [-0.2, 0) is 6.42 Å². The normalized spacial score (nSPS) is 13.7. The van der Waals surface area contributed by atoms with Crippen LogP contribution in [0.4, 0.5) is 4.39 Å². The molecule has 3 N–H and O–H groups in total. The molecule has 0 saturated carbocycles. The number of benzene rings is 2. The first-order chi connectivity index (χ1) is 10.1. The molecule has 21 heavy (non-hydrogen) atoms. The largest absolute Gasteiger partial charge is 0.490 e. The van der Waals surface area contributed by atoms with Crippen molar-refractivity contribution in [2.24, 2.45) is 5.73 Å². The summed E-state index contributed by atoms with van der Waals surface area (Å²) in [5.41, 5.74) is 7.04. The van der Waals surface area contributed by atoms with E-state index in [1.807, 2.05) is 30.3 Å². The standard InChI is InChI=1S/C16H17BrFNO2/c17-13-9-12(18)6-7-16(13)21-10-15(20)14(19)8-11-4-2-1-3-5-11/h1-7,9,14-15,20H,8,10,19H2. The van der Waals surface area contributed by atoms with Crippen molar-refractivity contribution in [3.8, 4) is 5.75 Å². The van der Waals surface area contributed by atoms with Crippen LogP contribution in [0.25, 0.3) is 0 Å². The Morgan fingerprint density at radius 3 is 2.57 bits per heavy atom. The molecule has 0 bridgehead atoms. The maximum atomic E-state index is 13.0. The summed E-state index contributed by atoms with van der Waals surface area (Å²) in [7, 11) is 0. The molecule has 0 aliphatic rings. The Hall–Kier alpha value is -1.43. The molecule has 112 valence electrons. The highest BCUT2D eigenvalue weighted by Crippen LogP contribution is 2.25. The van der Waals surface area contributed by atoms with Gasteiger partial charge < -0.3 is 15.6 Å². The van der Waals surface area contributed by atoms with Crippen LogP contribution in [0.2, 0.25) is 0 Å². The van der Waals surface area contributed by atoms with Crippen LogP contribution in [0.1, 0.15) is 5.56 Å². The molecule has 2 aromatic rings. The number of nitrogens with two attached hydrogens (primary N) is 1. The third-order valence-corrected chi connectivity index (χ3v) is 3.73. The fourth-order valence-corrected chi connectivity index (χ4v) is 2.38. The Morgan fingerprint density at radius 1 is 1.19 bits per heavy atom. The van der Waals surface area contributed by atoms with E-state index in [9.17, 15) is 9.50 Å². The van der Waals surface area contributed by atoms with Crippen LogP contribution in [0.15, 0.2) is 53.0 Å². The highest BCUT2D eigenvalue weighted by molar-refractivity contribution is 9.10. The molecule has 0 spiro atoms. The molecule has 0 fully saturated rings. The number of halogens is 2. The van der Waals surface area contributed by atoms with Gasteiger partial charge in [0.1, 0.15) is 24.3 Å². The van der Waals surface area contributed by atoms with E-state index in [1.165, 1.54) is 18.2 Å². The monoisotopic (exact) mass is 353 g/mol. The summed E-state index contributed by atoms with van der Waals surface area (Å²) < 4.78 is 18.9. The molecule has 0 aliphatic heterocycles. The Kier molecular flexibility index (Phi) is 5.73. The first-order valence-electron chi connectivity index (χ1n) is 6.61. The fourth-order valence-electron chi connectivity index (χ4n) is 1.91. The zero-order valence-corrected chi connectivity index (χ0v) is 13.0. The number of ether oxygens (including phenoxy) is 1. The Labute approximate surface area is 131 Å². The highest BCUT2D eigenvalue weighted by Gasteiger charge is 2.16. The SMILES string of the molecule is NC(Cc1ccccc1)C(O)COc1ccc(F)cc1Br. The van der Waals surface area contributed by atoms with Crippen molar-refractivity contribution < 1.29 is 14.2 Å². The van der Waals surface area contributed by atoms with Gasteiger partial charge in [-0.25, -0.2) is 4.39 Å². The Balaban J connectivity index is 1.87. The third-order valence-electron chi connectivity index (χ3n) is 3.11. The van der Waals surface area contributed by atoms with Crippen molar-refractivity contribution in [3.05, 3.63) is 64.4 Å². The number of aliphatic hydroxyl groups is 1. The lowest BCUT2D eigenvalue weighted by molar-refractivity contribution is 0.0848. The van der Waals surface area contributed by atoms with Gasteiger partial charge in [0.05, 0.1) is 4.47 Å². The van der Waals surface area contributed by atoms with Gasteiger partial charge in [0.15, 0.2) is 0 Å². The lowest BCUT2D eigenvalue weighted by Crippen LogP contribution is -2.40. The van der Waals surface area contributed by atoms with Gasteiger partial charge in [-0.2, -0.15) is 0 Å². The third kappa shape index (κ3) is 4.81. The van der Waals surface area contributed by atoms with Crippen molar-refractivity contribution in [2.45, 2.75) is 18.6 Å². The quantitative estimate of drug-likeness (QED) is 0.839. The predicted molar refractivity (Wildman–Crippen MR) is 83.7 cm³/mol. The zero-order chi connectivity index (χ0) is 15.2. The Bertz CT molecular complexity index is 580. The van der Waals surface area contributed by atoms with Crippen LogP contribution in [-0.4, -0.2) is 23.9 Å². The summed E-state index contributed by atoms with van der Waals surface area (Å²) in [4.78, 5) is 0. The lowest BCUT2D eigenvalue weighted by atomic mass is 10.0. The molecule has 2 unspecified atom stereocenters. The van der Waals surface area contributed by atoms with Gasteiger partial charge in [-0.1, -0.05) is 30.3 Å². The average molecular weight is 354 g/mol. The number of aliphatic hydroxyl groups excluding tert-OH is 1. The molecule has 2 aromatic carbocycles. The second kappa shape index (κ2) is 7.54. The molecule has 3 nitrogen and oxygen atoms in total. The van der Waals surface area contributed by atoms with E-state index < -0.39 is 12.1 Å². The van der Waals surface area contributed by atoms with Crippen LogP contribution < -0.4 is 10.5 Å². The van der Waals surface area contributed by atoms with E-state index in [2.05, 4.69) is 15.9 Å². The van der Waals surface area contributed by atoms with Crippen molar-refractivity contribution in [1.82, 2.24) is 0 Å². The van der Waals surface area contributed by atoms with E-state index >= 15 is 0 Å². The second-order valence-corrected chi connectivity index (χ2v) is 5.66. The van der Waals surface area contributed by atoms with E-state index in [1.54, 1.807) is 0 Å². The molecule has 0 radical (unpaired) electrons. The molecule has 0 saturated heterocycles. The number of hydrogen-bond donors (Lipinski definition) is 2. The van der Waals surface area contributed by atoms with Gasteiger partial charge in [-0.3, -0.25) is 0 Å². The summed E-state index contributed by atoms with van der Waals surface area (Å²) in [6.45, 7) is 0.0538. The van der Waals surface area contributed by atoms with E-state index in [4.69, 9.17) is 10.5 Å². The van der Waals surface area contributed by atoms with Crippen LogP contribution >= 0.6 is 15.9 Å². The summed E-state index contributed by atoms with van der Waals surface area (Å²) in [6, 6.07) is 13.4. The minimum atomic E-state index is -0.804. The first kappa shape index (κ1) is 15.9. The molecule has 2 atom stereocenters. The molecule has 0 heterocycles. The fraction of sp³-hybridized carbons (Fsp3) is 0.250. The minimum absolute atomic E-state index is 0.0538. The lowest BCUT2D eigenvalue weighted by Gasteiger charge is -2.19. The molecular weight excluding hydrogens is 337 g/mol. The molecule has 0 amide bonds. The van der Waals surface area contributed by atoms with Gasteiger partial charge in [0.25, 0.3) is 0 Å². The highest BCUT2D eigenvalue weighted by atomic mass is 79.9. The first-order valence-corrected chi connectivity index (χ1v) is 7.41. The van der Waals surface area contributed by atoms with Gasteiger partial charge in [0.2, 0.25) is 0 Å². The van der Waals surface area contributed by atoms with E-state index in [0.717, 1.165) is 5.56 Å². The van der Waals surface area contributed by atoms with Gasteiger partial charge in [-0.05, 0) is 46.1 Å². The topological polar surface area (TPSA) is 55.5 Å². The Morgan fingerprint density at radius 2 is 1.90 bits per heavy atom. The van der Waals surface area contributed by atoms with Crippen LogP contribution in [0.5, 0.6) is 5.75 Å². The summed E-state index contributed by atoms with van der Waals surface area (Å²) in [6.07, 6.45) is -0.238. The molecule has 0 aliphatic carbocycles. The van der Waals surface area contributed by atoms with Gasteiger partial charge in [-0.15, -0.1) is 0 Å². The summed E-state index contributed by atoms with van der Waals surface area (Å²) in [5.74, 6) is 0.123. The van der Waals surface area contributed by atoms with Crippen molar-refractivity contribution in [3.63, 3.8) is 0 Å². The summed E-state index contributed by atoms with van der Waals surface area (Å²) in [5, 5.41) is 10.0. The van der Waals surface area contributed by atoms with Gasteiger partial charge >= 0.3 is 0 Å². The average Bonchev–Trinajstić information content (AvgIpc) is 2.47. The van der Waals surface area contributed by atoms with E-state index in [-0.39, 0.29) is 12.4 Å². The number of rotatable bonds is 6. The molecular formula is C16H17BrFNO2. The van der Waals surface area contributed by atoms with Crippen LogP contribution in [0.3, 0.4) is 0 Å². The van der Waals surface area contributed by atoms with Crippen LogP contribution in [0, 0.1) is 5.82 Å². The van der Waals surface area contributed by atoms with Crippen molar-refractivity contribution in [1.29, 1.82) is 0 Å². The molecule has 5 heteroatoms. The summed E-state index contributed by atoms with van der Waals surface area (Å²) >= 11 is 3.21. The second-order valence-electron chi connectivity index (χ2n) is 4.81. The smallest absolute Gasteiger partial charge is 0.133 e.